The number of benzene rings is 2. The third kappa shape index (κ3) is 3.15. The number of hydrogen-bond acceptors (Lipinski definition) is 1. The van der Waals surface area contributed by atoms with Crippen LogP contribution in [-0.4, -0.2) is 0 Å². The van der Waals surface area contributed by atoms with Gasteiger partial charge in [0.25, 0.3) is 0 Å². The summed E-state index contributed by atoms with van der Waals surface area (Å²) in [5, 5.41) is 0. The van der Waals surface area contributed by atoms with E-state index in [0.29, 0.717) is 12.0 Å². The molecule has 0 heterocycles. The molecule has 1 nitrogen and oxygen atoms in total. The second-order valence-corrected chi connectivity index (χ2v) is 5.03. The first-order valence-corrected chi connectivity index (χ1v) is 6.30. The highest BCUT2D eigenvalue weighted by molar-refractivity contribution is 9.10. The fourth-order valence-electron chi connectivity index (χ4n) is 1.78. The van der Waals surface area contributed by atoms with E-state index in [4.69, 9.17) is 5.73 Å². The molecule has 1 unspecified atom stereocenters. The third-order valence-corrected chi connectivity index (χ3v) is 3.21. The number of halogens is 3. The van der Waals surface area contributed by atoms with Crippen molar-refractivity contribution in [1.29, 1.82) is 0 Å². The van der Waals surface area contributed by atoms with Crippen LogP contribution in [0.4, 0.5) is 8.78 Å². The monoisotopic (exact) mass is 311 g/mol. The Kier molecular flexibility index (Phi) is 4.09. The van der Waals surface area contributed by atoms with Crippen molar-refractivity contribution in [3.63, 3.8) is 0 Å². The van der Waals surface area contributed by atoms with Crippen LogP contribution < -0.4 is 5.73 Å². The summed E-state index contributed by atoms with van der Waals surface area (Å²) < 4.78 is 26.8. The van der Waals surface area contributed by atoms with Crippen LogP contribution in [0.25, 0.3) is 0 Å². The Morgan fingerprint density at radius 3 is 2.50 bits per heavy atom. The summed E-state index contributed by atoms with van der Waals surface area (Å²) in [6.07, 6.45) is 0.466. The summed E-state index contributed by atoms with van der Waals surface area (Å²) in [6, 6.07) is 11.3. The van der Waals surface area contributed by atoms with Gasteiger partial charge < -0.3 is 5.73 Å². The molecule has 0 saturated carbocycles. The Morgan fingerprint density at radius 2 is 1.83 bits per heavy atom. The zero-order valence-electron chi connectivity index (χ0n) is 9.54. The highest BCUT2D eigenvalue weighted by Crippen LogP contribution is 2.20. The van der Waals surface area contributed by atoms with Crippen LogP contribution in [0.5, 0.6) is 0 Å². The van der Waals surface area contributed by atoms with Crippen LogP contribution in [0.15, 0.2) is 46.9 Å². The van der Waals surface area contributed by atoms with E-state index in [2.05, 4.69) is 15.9 Å². The van der Waals surface area contributed by atoms with Crippen molar-refractivity contribution in [2.75, 3.05) is 0 Å². The van der Waals surface area contributed by atoms with Crippen LogP contribution in [0.2, 0.25) is 0 Å². The number of nitrogens with two attached hydrogens (primary N) is 1. The summed E-state index contributed by atoms with van der Waals surface area (Å²) in [5.74, 6) is -1.68. The van der Waals surface area contributed by atoms with Gasteiger partial charge >= 0.3 is 0 Å². The molecule has 0 amide bonds. The van der Waals surface area contributed by atoms with E-state index < -0.39 is 11.6 Å². The topological polar surface area (TPSA) is 26.0 Å². The molecule has 18 heavy (non-hydrogen) atoms. The Hall–Kier alpha value is -1.26. The summed E-state index contributed by atoms with van der Waals surface area (Å²) in [7, 11) is 0. The van der Waals surface area contributed by atoms with E-state index in [-0.39, 0.29) is 6.04 Å². The van der Waals surface area contributed by atoms with Crippen molar-refractivity contribution >= 4 is 15.9 Å². The smallest absolute Gasteiger partial charge is 0.159 e. The van der Waals surface area contributed by atoms with Gasteiger partial charge in [-0.3, -0.25) is 0 Å². The molecule has 0 bridgehead atoms. The summed E-state index contributed by atoms with van der Waals surface area (Å²) in [5.41, 5.74) is 7.68. The highest BCUT2D eigenvalue weighted by atomic mass is 79.9. The first kappa shape index (κ1) is 13.2. The zero-order valence-corrected chi connectivity index (χ0v) is 11.1. The second-order valence-electron chi connectivity index (χ2n) is 4.11. The van der Waals surface area contributed by atoms with E-state index in [1.54, 1.807) is 6.07 Å². The fourth-order valence-corrected chi connectivity index (χ4v) is 2.19. The first-order valence-electron chi connectivity index (χ1n) is 5.51. The third-order valence-electron chi connectivity index (χ3n) is 2.72. The zero-order chi connectivity index (χ0) is 13.1. The summed E-state index contributed by atoms with van der Waals surface area (Å²) >= 11 is 3.37. The molecule has 94 valence electrons. The molecular weight excluding hydrogens is 300 g/mol. The van der Waals surface area contributed by atoms with Gasteiger partial charge in [-0.25, -0.2) is 8.78 Å². The van der Waals surface area contributed by atoms with E-state index >= 15 is 0 Å². The largest absolute Gasteiger partial charge is 0.324 e. The van der Waals surface area contributed by atoms with E-state index in [9.17, 15) is 8.78 Å². The van der Waals surface area contributed by atoms with Crippen LogP contribution in [0, 0.1) is 11.6 Å². The first-order chi connectivity index (χ1) is 8.56. The van der Waals surface area contributed by atoms with Crippen molar-refractivity contribution in [2.24, 2.45) is 5.73 Å². The molecule has 0 aliphatic heterocycles. The van der Waals surface area contributed by atoms with Crippen LogP contribution in [-0.2, 0) is 6.42 Å². The molecule has 0 aliphatic carbocycles. The van der Waals surface area contributed by atoms with Gasteiger partial charge in [0.15, 0.2) is 11.6 Å². The van der Waals surface area contributed by atoms with Gasteiger partial charge in [-0.15, -0.1) is 0 Å². The number of hydrogen-bond donors (Lipinski definition) is 1. The highest BCUT2D eigenvalue weighted by Gasteiger charge is 2.09. The van der Waals surface area contributed by atoms with Crippen molar-refractivity contribution in [3.8, 4) is 0 Å². The standard InChI is InChI=1S/C14H12BrF2N/c15-11-3-1-2-10(8-11)14(18)7-9-4-5-12(16)13(17)6-9/h1-6,8,14H,7,18H2. The Morgan fingerprint density at radius 1 is 1.06 bits per heavy atom. The van der Waals surface area contributed by atoms with Gasteiger partial charge in [0.2, 0.25) is 0 Å². The maximum Gasteiger partial charge on any atom is 0.159 e. The molecule has 4 heteroatoms. The summed E-state index contributed by atoms with van der Waals surface area (Å²) in [4.78, 5) is 0. The predicted molar refractivity (Wildman–Crippen MR) is 71.1 cm³/mol. The van der Waals surface area contributed by atoms with Gasteiger partial charge in [-0.2, -0.15) is 0 Å². The van der Waals surface area contributed by atoms with Crippen molar-refractivity contribution in [2.45, 2.75) is 12.5 Å². The molecule has 1 atom stereocenters. The van der Waals surface area contributed by atoms with E-state index in [1.807, 2.05) is 24.3 Å². The Bertz CT molecular complexity index is 557. The van der Waals surface area contributed by atoms with Gasteiger partial charge in [-0.05, 0) is 41.8 Å². The molecule has 2 aromatic carbocycles. The lowest BCUT2D eigenvalue weighted by molar-refractivity contribution is 0.506. The molecule has 2 rings (SSSR count). The second kappa shape index (κ2) is 5.59. The van der Waals surface area contributed by atoms with Crippen LogP contribution in [0.3, 0.4) is 0 Å². The molecule has 0 fully saturated rings. The lowest BCUT2D eigenvalue weighted by Gasteiger charge is -2.12. The molecular formula is C14H12BrF2N. The van der Waals surface area contributed by atoms with Gasteiger partial charge in [0, 0.05) is 10.5 Å². The maximum atomic E-state index is 13.1. The fraction of sp³-hybridized carbons (Fsp3) is 0.143. The molecule has 0 aliphatic rings. The summed E-state index contributed by atoms with van der Waals surface area (Å²) in [6.45, 7) is 0. The lowest BCUT2D eigenvalue weighted by Crippen LogP contribution is -2.13. The van der Waals surface area contributed by atoms with Gasteiger partial charge in [0.05, 0.1) is 0 Å². The van der Waals surface area contributed by atoms with Gasteiger partial charge in [0.1, 0.15) is 0 Å². The quantitative estimate of drug-likeness (QED) is 0.912. The molecule has 2 aromatic rings. The van der Waals surface area contributed by atoms with E-state index in [1.165, 1.54) is 6.07 Å². The Balaban J connectivity index is 2.16. The minimum atomic E-state index is -0.839. The van der Waals surface area contributed by atoms with Gasteiger partial charge in [-0.1, -0.05) is 34.1 Å². The van der Waals surface area contributed by atoms with Crippen molar-refractivity contribution < 1.29 is 8.78 Å². The predicted octanol–water partition coefficient (Wildman–Crippen LogP) is 3.97. The molecule has 0 saturated heterocycles. The van der Waals surface area contributed by atoms with Crippen LogP contribution in [0.1, 0.15) is 17.2 Å². The molecule has 0 spiro atoms. The van der Waals surface area contributed by atoms with Crippen molar-refractivity contribution in [1.82, 2.24) is 0 Å². The van der Waals surface area contributed by atoms with E-state index in [0.717, 1.165) is 16.1 Å². The average molecular weight is 312 g/mol. The average Bonchev–Trinajstić information content (AvgIpc) is 2.34. The maximum absolute atomic E-state index is 13.1. The Labute approximate surface area is 113 Å². The minimum absolute atomic E-state index is 0.243. The number of rotatable bonds is 3. The van der Waals surface area contributed by atoms with Crippen molar-refractivity contribution in [3.05, 3.63) is 69.7 Å². The SMILES string of the molecule is NC(Cc1ccc(F)c(F)c1)c1cccc(Br)c1. The van der Waals surface area contributed by atoms with Crippen LogP contribution >= 0.6 is 15.9 Å². The lowest BCUT2D eigenvalue weighted by atomic mass is 10.00. The molecule has 0 aromatic heterocycles. The normalized spacial score (nSPS) is 12.4. The molecule has 2 N–H and O–H groups in total. The minimum Gasteiger partial charge on any atom is -0.324 e. The molecule has 0 radical (unpaired) electrons.